The van der Waals surface area contributed by atoms with Gasteiger partial charge in [-0.15, -0.1) is 0 Å². The predicted octanol–water partition coefficient (Wildman–Crippen LogP) is 5.73. The van der Waals surface area contributed by atoms with Crippen LogP contribution < -0.4 is 25.0 Å². The van der Waals surface area contributed by atoms with Gasteiger partial charge in [-0.05, 0) is 55.8 Å². The molecule has 2 N–H and O–H groups in total. The third-order valence-electron chi connectivity index (χ3n) is 6.92. The molecule has 0 saturated carbocycles. The minimum Gasteiger partial charge on any atom is -0.497 e. The van der Waals surface area contributed by atoms with E-state index in [1.165, 1.54) is 0 Å². The molecule has 2 aromatic carbocycles. The van der Waals surface area contributed by atoms with Crippen molar-refractivity contribution in [2.24, 2.45) is 0 Å². The maximum absolute atomic E-state index is 12.7. The van der Waals surface area contributed by atoms with E-state index in [0.717, 1.165) is 41.1 Å². The van der Waals surface area contributed by atoms with Gasteiger partial charge in [-0.2, -0.15) is 0 Å². The van der Waals surface area contributed by atoms with Crippen molar-refractivity contribution in [3.8, 4) is 22.6 Å². The second-order valence-corrected chi connectivity index (χ2v) is 9.52. The Labute approximate surface area is 225 Å². The average molecular weight is 522 g/mol. The summed E-state index contributed by atoms with van der Waals surface area (Å²) in [6.07, 6.45) is 6.34. The first-order valence-electron chi connectivity index (χ1n) is 12.8. The van der Waals surface area contributed by atoms with Crippen molar-refractivity contribution in [3.63, 3.8) is 0 Å². The molecule has 2 aliphatic heterocycles. The van der Waals surface area contributed by atoms with E-state index in [1.807, 2.05) is 42.3 Å². The molecule has 1 fully saturated rings. The van der Waals surface area contributed by atoms with Crippen LogP contribution in [0.1, 0.15) is 41.8 Å². The molecular weight excluding hydrogens is 494 g/mol. The van der Waals surface area contributed by atoms with Gasteiger partial charge >= 0.3 is 0 Å². The normalized spacial score (nSPS) is 15.7. The highest BCUT2D eigenvalue weighted by Gasteiger charge is 2.27. The van der Waals surface area contributed by atoms with Crippen LogP contribution in [0.2, 0.25) is 0 Å². The number of ether oxygens (including phenoxy) is 2. The minimum atomic E-state index is -0.262. The second-order valence-electron chi connectivity index (χ2n) is 9.52. The predicted molar refractivity (Wildman–Crippen MR) is 149 cm³/mol. The van der Waals surface area contributed by atoms with Gasteiger partial charge in [0.2, 0.25) is 5.91 Å². The van der Waals surface area contributed by atoms with Crippen molar-refractivity contribution in [1.29, 1.82) is 0 Å². The van der Waals surface area contributed by atoms with Crippen molar-refractivity contribution in [3.05, 3.63) is 84.3 Å². The van der Waals surface area contributed by atoms with Gasteiger partial charge in [-0.3, -0.25) is 14.6 Å². The third-order valence-corrected chi connectivity index (χ3v) is 6.92. The molecule has 0 aliphatic carbocycles. The summed E-state index contributed by atoms with van der Waals surface area (Å²) >= 11 is 0. The Hall–Kier alpha value is -4.92. The number of pyridine rings is 2. The first-order valence-corrected chi connectivity index (χ1v) is 12.8. The number of nitrogens with one attached hydrogen (secondary N) is 2. The Morgan fingerprint density at radius 1 is 1.05 bits per heavy atom. The molecule has 2 amide bonds. The Kier molecular flexibility index (Phi) is 6.32. The number of carbonyl (C=O) groups is 2. The molecule has 4 aromatic rings. The lowest BCUT2D eigenvalue weighted by molar-refractivity contribution is -0.117. The summed E-state index contributed by atoms with van der Waals surface area (Å²) < 4.78 is 11.5. The minimum absolute atomic E-state index is 0.148. The van der Waals surface area contributed by atoms with E-state index in [9.17, 15) is 9.59 Å². The molecule has 0 radical (unpaired) electrons. The summed E-state index contributed by atoms with van der Waals surface area (Å²) in [5.74, 6) is 1.87. The number of methoxy groups -OCH3 is 1. The molecule has 4 heterocycles. The number of carbonyl (C=O) groups excluding carboxylic acids is 2. The molecule has 39 heavy (non-hydrogen) atoms. The van der Waals surface area contributed by atoms with Crippen LogP contribution in [-0.2, 0) is 4.79 Å². The number of aromatic nitrogens is 2. The van der Waals surface area contributed by atoms with E-state index in [1.54, 1.807) is 49.8 Å². The van der Waals surface area contributed by atoms with Gasteiger partial charge in [-0.25, -0.2) is 4.98 Å². The van der Waals surface area contributed by atoms with Crippen LogP contribution in [0, 0.1) is 0 Å². The monoisotopic (exact) mass is 521 g/mol. The Morgan fingerprint density at radius 3 is 2.74 bits per heavy atom. The molecule has 1 saturated heterocycles. The van der Waals surface area contributed by atoms with Gasteiger partial charge in [0, 0.05) is 53.2 Å². The van der Waals surface area contributed by atoms with Crippen LogP contribution in [0.3, 0.4) is 0 Å². The Balaban J connectivity index is 1.20. The third kappa shape index (κ3) is 4.86. The fraction of sp³-hybridized carbons (Fsp3) is 0.200. The van der Waals surface area contributed by atoms with E-state index < -0.39 is 0 Å². The van der Waals surface area contributed by atoms with Gasteiger partial charge in [0.15, 0.2) is 0 Å². The highest BCUT2D eigenvalue weighted by molar-refractivity contribution is 6.04. The molecule has 2 aliphatic rings. The summed E-state index contributed by atoms with van der Waals surface area (Å²) in [4.78, 5) is 35.6. The van der Waals surface area contributed by atoms with Gasteiger partial charge in [0.05, 0.1) is 30.9 Å². The van der Waals surface area contributed by atoms with Crippen LogP contribution in [0.15, 0.2) is 73.2 Å². The molecular formula is C30H27N5O4. The summed E-state index contributed by atoms with van der Waals surface area (Å²) in [7, 11) is 1.56. The molecule has 0 spiro atoms. The number of benzene rings is 2. The van der Waals surface area contributed by atoms with Crippen molar-refractivity contribution in [2.75, 3.05) is 29.2 Å². The van der Waals surface area contributed by atoms with E-state index >= 15 is 0 Å². The number of nitrogens with zero attached hydrogens (tertiary/aromatic N) is 3. The highest BCUT2D eigenvalue weighted by atomic mass is 16.5. The van der Waals surface area contributed by atoms with Crippen LogP contribution in [0.25, 0.3) is 11.1 Å². The van der Waals surface area contributed by atoms with Crippen molar-refractivity contribution >= 4 is 34.7 Å². The molecule has 1 atom stereocenters. The number of anilines is 4. The van der Waals surface area contributed by atoms with E-state index in [2.05, 4.69) is 20.6 Å². The largest absolute Gasteiger partial charge is 0.497 e. The number of fused-ring (bicyclic) bond motifs is 3. The number of hydrogen-bond donors (Lipinski definition) is 2. The Bertz CT molecular complexity index is 1590. The fourth-order valence-electron chi connectivity index (χ4n) is 4.97. The quantitative estimate of drug-likeness (QED) is 0.334. The van der Waals surface area contributed by atoms with E-state index in [-0.39, 0.29) is 17.9 Å². The topological polar surface area (TPSA) is 106 Å². The zero-order valence-electron chi connectivity index (χ0n) is 21.6. The molecule has 1 unspecified atom stereocenters. The summed E-state index contributed by atoms with van der Waals surface area (Å²) in [5.41, 5.74) is 5.51. The zero-order chi connectivity index (χ0) is 26.9. The maximum atomic E-state index is 12.7. The van der Waals surface area contributed by atoms with Gasteiger partial charge < -0.3 is 25.0 Å². The highest BCUT2D eigenvalue weighted by Crippen LogP contribution is 2.44. The van der Waals surface area contributed by atoms with E-state index in [0.29, 0.717) is 34.9 Å². The Morgan fingerprint density at radius 2 is 1.92 bits per heavy atom. The van der Waals surface area contributed by atoms with Crippen molar-refractivity contribution < 1.29 is 19.1 Å². The summed E-state index contributed by atoms with van der Waals surface area (Å²) in [6, 6.07) is 16.6. The molecule has 0 bridgehead atoms. The second kappa shape index (κ2) is 10.1. The maximum Gasteiger partial charge on any atom is 0.255 e. The van der Waals surface area contributed by atoms with Gasteiger partial charge in [0.1, 0.15) is 23.4 Å². The smallest absolute Gasteiger partial charge is 0.255 e. The standard InChI is InChI=1S/C30H27N5O4/c1-18-25-14-28(32-17-26(25)24-9-8-22(13-27(24)39-18)35-10-4-7-29(35)36)33-20-12-21(16-31-15-20)34-30(37)19-5-3-6-23(11-19)38-2/h3,5-6,8-9,11-18H,4,7,10H2,1-2H3,(H,32,33)(H,34,37). The van der Waals surface area contributed by atoms with Crippen LogP contribution in [-0.4, -0.2) is 35.4 Å². The SMILES string of the molecule is COc1cccc(C(=O)Nc2cncc(Nc3cc4c(cn3)-c3ccc(N5CCCC5=O)cc3OC4C)c2)c1. The average Bonchev–Trinajstić information content (AvgIpc) is 3.39. The first kappa shape index (κ1) is 24.4. The zero-order valence-corrected chi connectivity index (χ0v) is 21.6. The first-order chi connectivity index (χ1) is 19.0. The van der Waals surface area contributed by atoms with Crippen molar-refractivity contribution in [1.82, 2.24) is 9.97 Å². The van der Waals surface area contributed by atoms with Crippen LogP contribution >= 0.6 is 0 Å². The number of amides is 2. The molecule has 2 aromatic heterocycles. The lowest BCUT2D eigenvalue weighted by atomic mass is 9.94. The lowest BCUT2D eigenvalue weighted by Gasteiger charge is -2.28. The fourth-order valence-corrected chi connectivity index (χ4v) is 4.97. The van der Waals surface area contributed by atoms with Gasteiger partial charge in [0.25, 0.3) is 5.91 Å². The van der Waals surface area contributed by atoms with Gasteiger partial charge in [-0.1, -0.05) is 6.07 Å². The van der Waals surface area contributed by atoms with E-state index in [4.69, 9.17) is 9.47 Å². The van der Waals surface area contributed by atoms with Crippen LogP contribution in [0.4, 0.5) is 22.9 Å². The van der Waals surface area contributed by atoms with Crippen LogP contribution in [0.5, 0.6) is 11.5 Å². The number of hydrogen-bond acceptors (Lipinski definition) is 7. The number of rotatable bonds is 6. The molecule has 196 valence electrons. The molecule has 9 nitrogen and oxygen atoms in total. The lowest BCUT2D eigenvalue weighted by Crippen LogP contribution is -2.24. The van der Waals surface area contributed by atoms with Crippen molar-refractivity contribution in [2.45, 2.75) is 25.9 Å². The molecule has 6 rings (SSSR count). The summed E-state index contributed by atoms with van der Waals surface area (Å²) in [6.45, 7) is 2.73. The molecule has 9 heteroatoms. The summed E-state index contributed by atoms with van der Waals surface area (Å²) in [5, 5.41) is 6.15.